The van der Waals surface area contributed by atoms with Gasteiger partial charge in [-0.05, 0) is 12.8 Å². The summed E-state index contributed by atoms with van der Waals surface area (Å²) in [6.45, 7) is 0.678. The maximum Gasteiger partial charge on any atom is 0.305 e. The van der Waals surface area contributed by atoms with E-state index in [0.717, 1.165) is 0 Å². The molecule has 0 radical (unpaired) electrons. The van der Waals surface area contributed by atoms with E-state index < -0.39 is 0 Å². The first kappa shape index (κ1) is 15.6. The van der Waals surface area contributed by atoms with E-state index >= 15 is 0 Å². The summed E-state index contributed by atoms with van der Waals surface area (Å²) >= 11 is 7.84. The van der Waals surface area contributed by atoms with Gasteiger partial charge in [0.05, 0.1) is 0 Å². The Hall–Kier alpha value is -0.360. The molecule has 0 aromatic carbocycles. The Morgan fingerprint density at radius 3 is 1.50 bits per heavy atom. The minimum absolute atomic E-state index is 0.238. The molecule has 0 fully saturated rings. The van der Waals surface area contributed by atoms with Crippen molar-refractivity contribution in [2.75, 3.05) is 24.7 Å². The number of carbonyl (C=O) groups is 2. The van der Waals surface area contributed by atoms with Crippen LogP contribution in [-0.2, 0) is 19.1 Å². The van der Waals surface area contributed by atoms with E-state index in [-0.39, 0.29) is 11.9 Å². The Labute approximate surface area is 107 Å². The zero-order valence-corrected chi connectivity index (χ0v) is 11.0. The van der Waals surface area contributed by atoms with E-state index in [1.165, 1.54) is 0 Å². The van der Waals surface area contributed by atoms with Crippen LogP contribution in [0.5, 0.6) is 0 Å². The van der Waals surface area contributed by atoms with E-state index in [1.807, 2.05) is 0 Å². The Morgan fingerprint density at radius 2 is 1.19 bits per heavy atom. The fourth-order valence-corrected chi connectivity index (χ4v) is 1.18. The number of thiol groups is 2. The van der Waals surface area contributed by atoms with Gasteiger partial charge in [-0.3, -0.25) is 9.59 Å². The number of ether oxygens (including phenoxy) is 2. The number of rotatable bonds is 9. The monoisotopic (exact) mass is 266 g/mol. The van der Waals surface area contributed by atoms with E-state index in [0.29, 0.717) is 50.4 Å². The van der Waals surface area contributed by atoms with Crippen molar-refractivity contribution < 1.29 is 19.1 Å². The van der Waals surface area contributed by atoms with Crippen LogP contribution in [0.15, 0.2) is 0 Å². The van der Waals surface area contributed by atoms with E-state index in [2.05, 4.69) is 25.3 Å². The van der Waals surface area contributed by atoms with Crippen molar-refractivity contribution in [3.8, 4) is 0 Å². The smallest absolute Gasteiger partial charge is 0.305 e. The van der Waals surface area contributed by atoms with E-state index in [9.17, 15) is 9.59 Å². The Balaban J connectivity index is 3.31. The molecule has 0 N–H and O–H groups in total. The van der Waals surface area contributed by atoms with Crippen LogP contribution in [-0.4, -0.2) is 36.7 Å². The topological polar surface area (TPSA) is 52.6 Å². The van der Waals surface area contributed by atoms with Gasteiger partial charge in [-0.25, -0.2) is 0 Å². The molecule has 16 heavy (non-hydrogen) atoms. The van der Waals surface area contributed by atoms with Crippen LogP contribution in [0.1, 0.15) is 25.7 Å². The second kappa shape index (κ2) is 11.1. The molecule has 0 amide bonds. The quantitative estimate of drug-likeness (QED) is 0.377. The van der Waals surface area contributed by atoms with Crippen LogP contribution in [0.4, 0.5) is 0 Å². The predicted octanol–water partition coefficient (Wildman–Crippen LogP) is 1.49. The van der Waals surface area contributed by atoms with Crippen LogP contribution < -0.4 is 0 Å². The Kier molecular flexibility index (Phi) is 10.9. The van der Waals surface area contributed by atoms with Gasteiger partial charge in [0, 0.05) is 24.3 Å². The van der Waals surface area contributed by atoms with Crippen LogP contribution >= 0.6 is 25.3 Å². The third kappa shape index (κ3) is 10.2. The summed E-state index contributed by atoms with van der Waals surface area (Å²) in [5.41, 5.74) is 0. The first-order valence-corrected chi connectivity index (χ1v) is 6.50. The van der Waals surface area contributed by atoms with Gasteiger partial charge in [-0.15, -0.1) is 0 Å². The van der Waals surface area contributed by atoms with Crippen molar-refractivity contribution in [3.05, 3.63) is 0 Å². The lowest BCUT2D eigenvalue weighted by molar-refractivity contribution is -0.145. The SMILES string of the molecule is O=C(CCCCC(=O)OCCS)OCCS. The van der Waals surface area contributed by atoms with Crippen molar-refractivity contribution in [2.45, 2.75) is 25.7 Å². The molecule has 4 nitrogen and oxygen atoms in total. The summed E-state index contributed by atoms with van der Waals surface area (Å²) in [7, 11) is 0. The second-order valence-corrected chi connectivity index (χ2v) is 3.99. The van der Waals surface area contributed by atoms with Crippen molar-refractivity contribution in [3.63, 3.8) is 0 Å². The fourth-order valence-electron chi connectivity index (χ4n) is 1.00. The Bertz CT molecular complexity index is 187. The average molecular weight is 266 g/mol. The molecular weight excluding hydrogens is 248 g/mol. The zero-order chi connectivity index (χ0) is 12.2. The highest BCUT2D eigenvalue weighted by Gasteiger charge is 2.05. The Morgan fingerprint density at radius 1 is 0.812 bits per heavy atom. The molecule has 0 aliphatic heterocycles. The molecule has 0 aromatic rings. The van der Waals surface area contributed by atoms with Gasteiger partial charge in [-0.2, -0.15) is 25.3 Å². The summed E-state index contributed by atoms with van der Waals surface area (Å²) < 4.78 is 9.64. The van der Waals surface area contributed by atoms with Gasteiger partial charge in [0.1, 0.15) is 13.2 Å². The van der Waals surface area contributed by atoms with Gasteiger partial charge < -0.3 is 9.47 Å². The third-order valence-electron chi connectivity index (χ3n) is 1.72. The summed E-state index contributed by atoms with van der Waals surface area (Å²) in [5.74, 6) is 0.583. The van der Waals surface area contributed by atoms with E-state index in [4.69, 9.17) is 9.47 Å². The predicted molar refractivity (Wildman–Crippen MR) is 68.1 cm³/mol. The molecule has 0 saturated heterocycles. The number of unbranched alkanes of at least 4 members (excludes halogenated alkanes) is 1. The minimum atomic E-state index is -0.238. The maximum atomic E-state index is 11.0. The van der Waals surface area contributed by atoms with Crippen LogP contribution in [0.2, 0.25) is 0 Å². The van der Waals surface area contributed by atoms with Gasteiger partial charge >= 0.3 is 11.9 Å². The standard InChI is InChI=1S/C10H18O4S2/c11-9(13-5-7-15)3-1-2-4-10(12)14-6-8-16/h15-16H,1-8H2. The molecule has 0 bridgehead atoms. The summed E-state index contributed by atoms with van der Waals surface area (Å²) in [5, 5.41) is 0. The molecule has 0 unspecified atom stereocenters. The van der Waals surface area contributed by atoms with Crippen LogP contribution in [0, 0.1) is 0 Å². The maximum absolute atomic E-state index is 11.0. The van der Waals surface area contributed by atoms with Crippen LogP contribution in [0.3, 0.4) is 0 Å². The molecule has 0 spiro atoms. The molecule has 0 aliphatic carbocycles. The normalized spacial score (nSPS) is 9.88. The highest BCUT2D eigenvalue weighted by molar-refractivity contribution is 7.80. The third-order valence-corrected chi connectivity index (χ3v) is 2.09. The number of hydrogen-bond donors (Lipinski definition) is 2. The summed E-state index contributed by atoms with van der Waals surface area (Å²) in [6.07, 6.45) is 1.96. The highest BCUT2D eigenvalue weighted by atomic mass is 32.1. The van der Waals surface area contributed by atoms with Crippen molar-refractivity contribution in [1.82, 2.24) is 0 Å². The van der Waals surface area contributed by atoms with Gasteiger partial charge in [0.25, 0.3) is 0 Å². The van der Waals surface area contributed by atoms with Gasteiger partial charge in [0.15, 0.2) is 0 Å². The van der Waals surface area contributed by atoms with Crippen molar-refractivity contribution >= 4 is 37.2 Å². The first-order valence-electron chi connectivity index (χ1n) is 5.23. The highest BCUT2D eigenvalue weighted by Crippen LogP contribution is 2.03. The molecule has 0 aliphatic rings. The molecule has 94 valence electrons. The largest absolute Gasteiger partial charge is 0.465 e. The summed E-state index contributed by atoms with van der Waals surface area (Å²) in [6, 6.07) is 0. The summed E-state index contributed by atoms with van der Waals surface area (Å²) in [4.78, 5) is 22.1. The van der Waals surface area contributed by atoms with Crippen LogP contribution in [0.25, 0.3) is 0 Å². The van der Waals surface area contributed by atoms with Gasteiger partial charge in [-0.1, -0.05) is 0 Å². The number of hydrogen-bond acceptors (Lipinski definition) is 6. The van der Waals surface area contributed by atoms with Gasteiger partial charge in [0.2, 0.25) is 0 Å². The van der Waals surface area contributed by atoms with Crippen molar-refractivity contribution in [2.24, 2.45) is 0 Å². The van der Waals surface area contributed by atoms with E-state index in [1.54, 1.807) is 0 Å². The molecule has 0 rings (SSSR count). The molecule has 0 aromatic heterocycles. The van der Waals surface area contributed by atoms with Crippen molar-refractivity contribution in [1.29, 1.82) is 0 Å². The average Bonchev–Trinajstić information content (AvgIpc) is 2.29. The lowest BCUT2D eigenvalue weighted by atomic mass is 10.2. The minimum Gasteiger partial charge on any atom is -0.465 e. The lowest BCUT2D eigenvalue weighted by Gasteiger charge is -2.03. The molecular formula is C10H18O4S2. The molecule has 6 heteroatoms. The fraction of sp³-hybridized carbons (Fsp3) is 0.800. The lowest BCUT2D eigenvalue weighted by Crippen LogP contribution is -2.08. The molecule has 0 heterocycles. The molecule has 0 saturated carbocycles. The zero-order valence-electron chi connectivity index (χ0n) is 9.18. The number of carbonyl (C=O) groups excluding carboxylic acids is 2. The first-order chi connectivity index (χ1) is 7.70. The molecule has 0 atom stereocenters. The number of esters is 2. The second-order valence-electron chi connectivity index (χ2n) is 3.10.